The van der Waals surface area contributed by atoms with Crippen LogP contribution in [0.5, 0.6) is 0 Å². The fourth-order valence-electron chi connectivity index (χ4n) is 2.31. The Bertz CT molecular complexity index is 639. The molecule has 0 bridgehead atoms. The molecule has 1 heterocycles. The first-order valence-electron chi connectivity index (χ1n) is 6.61. The molecule has 2 rings (SSSR count). The molecule has 0 amide bonds. The van der Waals surface area contributed by atoms with Crippen molar-refractivity contribution in [3.63, 3.8) is 0 Å². The van der Waals surface area contributed by atoms with Crippen molar-refractivity contribution in [1.29, 1.82) is 5.26 Å². The molecule has 1 unspecified atom stereocenters. The van der Waals surface area contributed by atoms with Gasteiger partial charge in [0.1, 0.15) is 5.41 Å². The van der Waals surface area contributed by atoms with Crippen molar-refractivity contribution in [2.75, 3.05) is 0 Å². The molecule has 2 aromatic rings. The van der Waals surface area contributed by atoms with Gasteiger partial charge in [0.15, 0.2) is 5.78 Å². The van der Waals surface area contributed by atoms with E-state index in [0.29, 0.717) is 6.42 Å². The zero-order chi connectivity index (χ0) is 14.6. The van der Waals surface area contributed by atoms with Crippen molar-refractivity contribution < 1.29 is 4.79 Å². The third-order valence-electron chi connectivity index (χ3n) is 3.54. The summed E-state index contributed by atoms with van der Waals surface area (Å²) in [6.45, 7) is 4.24. The summed E-state index contributed by atoms with van der Waals surface area (Å²) in [4.78, 5) is 12.1. The van der Waals surface area contributed by atoms with Crippen molar-refractivity contribution in [1.82, 2.24) is 9.78 Å². The van der Waals surface area contributed by atoms with Gasteiger partial charge in [-0.2, -0.15) is 10.4 Å². The zero-order valence-electron chi connectivity index (χ0n) is 11.7. The minimum absolute atomic E-state index is 0.143. The predicted octanol–water partition coefficient (Wildman–Crippen LogP) is 2.50. The normalized spacial score (nSPS) is 13.4. The second-order valence-electron chi connectivity index (χ2n) is 4.82. The molecule has 1 aromatic heterocycles. The summed E-state index contributed by atoms with van der Waals surface area (Å²) in [5, 5.41) is 13.8. The summed E-state index contributed by atoms with van der Waals surface area (Å²) < 4.78 is 1.79. The van der Waals surface area contributed by atoms with Crippen LogP contribution in [0.2, 0.25) is 0 Å². The van der Waals surface area contributed by atoms with Crippen molar-refractivity contribution in [3.8, 4) is 6.07 Å². The van der Waals surface area contributed by atoms with E-state index in [1.54, 1.807) is 10.9 Å². The fraction of sp³-hybridized carbons (Fsp3) is 0.312. The van der Waals surface area contributed by atoms with Crippen molar-refractivity contribution in [2.24, 2.45) is 0 Å². The Labute approximate surface area is 118 Å². The highest BCUT2D eigenvalue weighted by Crippen LogP contribution is 2.29. The largest absolute Gasteiger partial charge is 0.298 e. The van der Waals surface area contributed by atoms with E-state index in [2.05, 4.69) is 11.2 Å². The molecule has 4 nitrogen and oxygen atoms in total. The number of hydrogen-bond acceptors (Lipinski definition) is 3. The topological polar surface area (TPSA) is 58.7 Å². The third kappa shape index (κ3) is 2.48. The Morgan fingerprint density at radius 1 is 1.40 bits per heavy atom. The maximum atomic E-state index is 12.1. The second kappa shape index (κ2) is 5.70. The number of hydrogen-bond donors (Lipinski definition) is 0. The lowest BCUT2D eigenvalue weighted by Gasteiger charge is -2.23. The van der Waals surface area contributed by atoms with Gasteiger partial charge in [0.25, 0.3) is 0 Å². The Morgan fingerprint density at radius 2 is 2.10 bits per heavy atom. The summed E-state index contributed by atoms with van der Waals surface area (Å²) in [5.41, 5.74) is 0.495. The van der Waals surface area contributed by atoms with Crippen molar-refractivity contribution in [3.05, 3.63) is 53.9 Å². The average Bonchev–Trinajstić information content (AvgIpc) is 2.93. The van der Waals surface area contributed by atoms with Gasteiger partial charge in [0, 0.05) is 19.2 Å². The Hall–Kier alpha value is -2.41. The molecule has 0 aliphatic heterocycles. The number of nitrogens with zero attached hydrogens (tertiary/aromatic N) is 3. The van der Waals surface area contributed by atoms with Gasteiger partial charge in [-0.15, -0.1) is 0 Å². The summed E-state index contributed by atoms with van der Waals surface area (Å²) in [5.74, 6) is -0.143. The molecule has 0 N–H and O–H groups in total. The van der Waals surface area contributed by atoms with Gasteiger partial charge in [-0.3, -0.25) is 9.48 Å². The number of Topliss-reactive ketones (excluding diaryl/α,β-unsaturated/α-hetero) is 1. The van der Waals surface area contributed by atoms with Crippen LogP contribution in [0, 0.1) is 11.3 Å². The molecule has 4 heteroatoms. The van der Waals surface area contributed by atoms with Gasteiger partial charge >= 0.3 is 0 Å². The van der Waals surface area contributed by atoms with E-state index in [4.69, 9.17) is 0 Å². The number of aromatic nitrogens is 2. The highest BCUT2D eigenvalue weighted by molar-refractivity contribution is 5.91. The van der Waals surface area contributed by atoms with Gasteiger partial charge in [0.2, 0.25) is 0 Å². The smallest absolute Gasteiger partial charge is 0.154 e. The number of carbonyl (C=O) groups is 1. The maximum Gasteiger partial charge on any atom is 0.154 e. The number of ketones is 1. The molecule has 0 spiro atoms. The number of rotatable bonds is 5. The van der Waals surface area contributed by atoms with E-state index in [-0.39, 0.29) is 5.78 Å². The van der Waals surface area contributed by atoms with E-state index >= 15 is 0 Å². The van der Waals surface area contributed by atoms with Gasteiger partial charge in [0.05, 0.1) is 12.3 Å². The van der Waals surface area contributed by atoms with Gasteiger partial charge in [-0.1, -0.05) is 30.3 Å². The monoisotopic (exact) mass is 267 g/mol. The van der Waals surface area contributed by atoms with Crippen LogP contribution in [0.4, 0.5) is 0 Å². The van der Waals surface area contributed by atoms with Gasteiger partial charge < -0.3 is 0 Å². The Kier molecular flexibility index (Phi) is 3.99. The number of carbonyl (C=O) groups excluding carboxylic acids is 1. The number of aryl methyl sites for hydroxylation is 1. The molecule has 0 aliphatic carbocycles. The summed E-state index contributed by atoms with van der Waals surface area (Å²) in [7, 11) is 0. The molecule has 1 aromatic carbocycles. The minimum atomic E-state index is -1.14. The first-order valence-corrected chi connectivity index (χ1v) is 6.61. The Morgan fingerprint density at radius 3 is 2.60 bits per heavy atom. The van der Waals surface area contributed by atoms with Crippen LogP contribution in [0.15, 0.2) is 42.7 Å². The molecule has 0 aliphatic rings. The summed E-state index contributed by atoms with van der Waals surface area (Å²) in [6, 6.07) is 11.4. The number of nitriles is 1. The van der Waals surface area contributed by atoms with E-state index in [0.717, 1.165) is 17.7 Å². The summed E-state index contributed by atoms with van der Waals surface area (Å²) >= 11 is 0. The van der Waals surface area contributed by atoms with Crippen LogP contribution in [-0.4, -0.2) is 15.6 Å². The molecular formula is C16H17N3O. The van der Waals surface area contributed by atoms with E-state index < -0.39 is 5.41 Å². The highest BCUT2D eigenvalue weighted by atomic mass is 16.1. The standard InChI is InChI=1S/C16H17N3O/c1-3-19-11-14(10-18-19)9-16(12-17,13(2)20)15-7-5-4-6-8-15/h4-8,10-11H,3,9H2,1-2H3. The highest BCUT2D eigenvalue weighted by Gasteiger charge is 2.38. The van der Waals surface area contributed by atoms with Gasteiger partial charge in [-0.25, -0.2) is 0 Å². The van der Waals surface area contributed by atoms with E-state index in [9.17, 15) is 10.1 Å². The minimum Gasteiger partial charge on any atom is -0.298 e. The first kappa shape index (κ1) is 14.0. The van der Waals surface area contributed by atoms with E-state index in [1.165, 1.54) is 6.92 Å². The lowest BCUT2D eigenvalue weighted by atomic mass is 9.74. The van der Waals surface area contributed by atoms with Crippen molar-refractivity contribution >= 4 is 5.78 Å². The molecule has 0 saturated carbocycles. The zero-order valence-corrected chi connectivity index (χ0v) is 11.7. The maximum absolute atomic E-state index is 12.1. The fourth-order valence-corrected chi connectivity index (χ4v) is 2.31. The second-order valence-corrected chi connectivity index (χ2v) is 4.82. The number of benzene rings is 1. The van der Waals surface area contributed by atoms with Crippen LogP contribution in [0.3, 0.4) is 0 Å². The molecule has 0 saturated heterocycles. The molecule has 0 fully saturated rings. The quantitative estimate of drug-likeness (QED) is 0.836. The molecule has 102 valence electrons. The average molecular weight is 267 g/mol. The Balaban J connectivity index is 2.43. The lowest BCUT2D eigenvalue weighted by molar-refractivity contribution is -0.120. The third-order valence-corrected chi connectivity index (χ3v) is 3.54. The van der Waals surface area contributed by atoms with Gasteiger partial charge in [-0.05, 0) is 25.0 Å². The van der Waals surface area contributed by atoms with Crippen LogP contribution >= 0.6 is 0 Å². The van der Waals surface area contributed by atoms with Crippen LogP contribution < -0.4 is 0 Å². The van der Waals surface area contributed by atoms with Crippen molar-refractivity contribution in [2.45, 2.75) is 32.2 Å². The molecule has 0 radical (unpaired) electrons. The molecule has 1 atom stereocenters. The summed E-state index contributed by atoms with van der Waals surface area (Å²) in [6.07, 6.45) is 3.96. The molecule has 20 heavy (non-hydrogen) atoms. The van der Waals surface area contributed by atoms with Crippen LogP contribution in [-0.2, 0) is 23.2 Å². The van der Waals surface area contributed by atoms with E-state index in [1.807, 2.05) is 43.5 Å². The first-order chi connectivity index (χ1) is 9.62. The molecular weight excluding hydrogens is 250 g/mol. The van der Waals surface area contributed by atoms with Crippen LogP contribution in [0.25, 0.3) is 0 Å². The van der Waals surface area contributed by atoms with Crippen LogP contribution in [0.1, 0.15) is 25.0 Å². The predicted molar refractivity (Wildman–Crippen MR) is 76.0 cm³/mol. The SMILES string of the molecule is CCn1cc(CC(C#N)(C(C)=O)c2ccccc2)cn1. The lowest BCUT2D eigenvalue weighted by Crippen LogP contribution is -2.35.